The predicted molar refractivity (Wildman–Crippen MR) is 73.8 cm³/mol. The summed E-state index contributed by atoms with van der Waals surface area (Å²) in [5.74, 6) is -0.680. The van der Waals surface area contributed by atoms with E-state index in [1.54, 1.807) is 0 Å². The summed E-state index contributed by atoms with van der Waals surface area (Å²) < 4.78 is 28.1. The number of rotatable bonds is 4. The van der Waals surface area contributed by atoms with Crippen LogP contribution in [-0.2, 0) is 0 Å². The average Bonchev–Trinajstić information content (AvgIpc) is 2.68. The van der Waals surface area contributed by atoms with Gasteiger partial charge in [0.15, 0.2) is 0 Å². The molecule has 1 saturated carbocycles. The van der Waals surface area contributed by atoms with E-state index in [0.29, 0.717) is 6.54 Å². The maximum atomic E-state index is 14.0. The van der Waals surface area contributed by atoms with Crippen molar-refractivity contribution in [1.82, 2.24) is 5.32 Å². The quantitative estimate of drug-likeness (QED) is 0.857. The standard InChI is InChI=1S/C16H23F2N/c1-6-19-13(14-15(2,3)16(14,4)5)12-10(17)8-7-9-11(12)18/h7-9,13-14,19H,6H2,1-5H3. The van der Waals surface area contributed by atoms with Crippen LogP contribution in [0.4, 0.5) is 8.78 Å². The Morgan fingerprint density at radius 2 is 1.58 bits per heavy atom. The molecule has 2 rings (SSSR count). The van der Waals surface area contributed by atoms with E-state index in [-0.39, 0.29) is 28.4 Å². The van der Waals surface area contributed by atoms with Crippen molar-refractivity contribution in [1.29, 1.82) is 0 Å². The van der Waals surface area contributed by atoms with Crippen molar-refractivity contribution in [2.45, 2.75) is 40.7 Å². The fourth-order valence-electron chi connectivity index (χ4n) is 3.50. The molecule has 0 aliphatic heterocycles. The van der Waals surface area contributed by atoms with E-state index in [4.69, 9.17) is 0 Å². The minimum Gasteiger partial charge on any atom is -0.310 e. The summed E-state index contributed by atoms with van der Waals surface area (Å²) in [5.41, 5.74) is 0.344. The number of hydrogen-bond donors (Lipinski definition) is 1. The molecule has 0 radical (unpaired) electrons. The highest BCUT2D eigenvalue weighted by atomic mass is 19.1. The van der Waals surface area contributed by atoms with E-state index in [1.807, 2.05) is 6.92 Å². The Hall–Kier alpha value is -0.960. The summed E-state index contributed by atoms with van der Waals surface area (Å²) >= 11 is 0. The fourth-order valence-corrected chi connectivity index (χ4v) is 3.50. The van der Waals surface area contributed by atoms with Crippen LogP contribution >= 0.6 is 0 Å². The van der Waals surface area contributed by atoms with Crippen LogP contribution in [0.25, 0.3) is 0 Å². The summed E-state index contributed by atoms with van der Waals surface area (Å²) in [6.45, 7) is 11.3. The van der Waals surface area contributed by atoms with E-state index in [1.165, 1.54) is 18.2 Å². The molecule has 0 bridgehead atoms. The van der Waals surface area contributed by atoms with Crippen molar-refractivity contribution in [3.05, 3.63) is 35.4 Å². The molecule has 19 heavy (non-hydrogen) atoms. The Bertz CT molecular complexity index is 445. The Morgan fingerprint density at radius 1 is 1.11 bits per heavy atom. The molecule has 0 amide bonds. The lowest BCUT2D eigenvalue weighted by molar-refractivity contribution is 0.387. The highest BCUT2D eigenvalue weighted by Gasteiger charge is 2.67. The molecule has 1 atom stereocenters. The van der Waals surface area contributed by atoms with Gasteiger partial charge in [0.05, 0.1) is 0 Å². The molecule has 1 N–H and O–H groups in total. The lowest BCUT2D eigenvalue weighted by atomic mass is 9.95. The van der Waals surface area contributed by atoms with E-state index in [9.17, 15) is 8.78 Å². The van der Waals surface area contributed by atoms with Crippen LogP contribution in [0, 0.1) is 28.4 Å². The van der Waals surface area contributed by atoms with Gasteiger partial charge in [-0.05, 0) is 35.4 Å². The second kappa shape index (κ2) is 4.55. The van der Waals surface area contributed by atoms with Crippen molar-refractivity contribution in [3.63, 3.8) is 0 Å². The molecule has 1 aromatic carbocycles. The third kappa shape index (κ3) is 2.08. The minimum atomic E-state index is -0.454. The van der Waals surface area contributed by atoms with Gasteiger partial charge in [0.25, 0.3) is 0 Å². The van der Waals surface area contributed by atoms with Gasteiger partial charge in [0.1, 0.15) is 11.6 Å². The molecule has 1 fully saturated rings. The van der Waals surface area contributed by atoms with E-state index >= 15 is 0 Å². The molecule has 1 nitrogen and oxygen atoms in total. The van der Waals surface area contributed by atoms with E-state index in [2.05, 4.69) is 33.0 Å². The van der Waals surface area contributed by atoms with Gasteiger partial charge >= 0.3 is 0 Å². The van der Waals surface area contributed by atoms with Gasteiger partial charge in [-0.3, -0.25) is 0 Å². The number of hydrogen-bond acceptors (Lipinski definition) is 1. The Balaban J connectivity index is 2.43. The summed E-state index contributed by atoms with van der Waals surface area (Å²) in [4.78, 5) is 0. The van der Waals surface area contributed by atoms with Crippen LogP contribution in [0.5, 0.6) is 0 Å². The highest BCUT2D eigenvalue weighted by Crippen LogP contribution is 2.72. The number of nitrogens with one attached hydrogen (secondary N) is 1. The summed E-state index contributed by atoms with van der Waals surface area (Å²) in [6, 6.07) is 3.83. The zero-order chi connectivity index (χ0) is 14.4. The molecule has 1 aromatic rings. The zero-order valence-electron chi connectivity index (χ0n) is 12.3. The molecule has 1 aliphatic carbocycles. The van der Waals surface area contributed by atoms with Gasteiger partial charge in [-0.2, -0.15) is 0 Å². The molecule has 1 unspecified atom stereocenters. The Morgan fingerprint density at radius 3 is 1.95 bits per heavy atom. The number of benzene rings is 1. The third-order valence-corrected chi connectivity index (χ3v) is 5.20. The summed E-state index contributed by atoms with van der Waals surface area (Å²) in [6.07, 6.45) is 0. The van der Waals surface area contributed by atoms with Gasteiger partial charge in [-0.1, -0.05) is 40.7 Å². The maximum absolute atomic E-state index is 14.0. The average molecular weight is 267 g/mol. The molecule has 0 saturated heterocycles. The second-order valence-corrected chi connectivity index (χ2v) is 6.59. The van der Waals surface area contributed by atoms with Crippen molar-refractivity contribution in [2.75, 3.05) is 6.54 Å². The van der Waals surface area contributed by atoms with Crippen LogP contribution in [0.3, 0.4) is 0 Å². The van der Waals surface area contributed by atoms with Crippen molar-refractivity contribution >= 4 is 0 Å². The van der Waals surface area contributed by atoms with E-state index in [0.717, 1.165) is 0 Å². The maximum Gasteiger partial charge on any atom is 0.130 e. The number of halogens is 2. The topological polar surface area (TPSA) is 12.0 Å². The third-order valence-electron chi connectivity index (χ3n) is 5.20. The first kappa shape index (κ1) is 14.4. The normalized spacial score (nSPS) is 22.3. The van der Waals surface area contributed by atoms with Crippen LogP contribution < -0.4 is 5.32 Å². The smallest absolute Gasteiger partial charge is 0.130 e. The lowest BCUT2D eigenvalue weighted by Gasteiger charge is -2.22. The Kier molecular flexibility index (Phi) is 3.46. The van der Waals surface area contributed by atoms with Crippen LogP contribution in [0.1, 0.15) is 46.2 Å². The minimum absolute atomic E-state index is 0.0779. The molecule has 0 spiro atoms. The summed E-state index contributed by atoms with van der Waals surface area (Å²) in [5, 5.41) is 3.27. The first-order valence-electron chi connectivity index (χ1n) is 6.92. The highest BCUT2D eigenvalue weighted by molar-refractivity contribution is 5.29. The van der Waals surface area contributed by atoms with Crippen LogP contribution in [-0.4, -0.2) is 6.54 Å². The van der Waals surface area contributed by atoms with Crippen molar-refractivity contribution < 1.29 is 8.78 Å². The second-order valence-electron chi connectivity index (χ2n) is 6.59. The van der Waals surface area contributed by atoms with Crippen molar-refractivity contribution in [2.24, 2.45) is 16.7 Å². The van der Waals surface area contributed by atoms with Gasteiger partial charge in [-0.15, -0.1) is 0 Å². The monoisotopic (exact) mass is 267 g/mol. The first-order chi connectivity index (χ1) is 8.75. The van der Waals surface area contributed by atoms with Gasteiger partial charge in [-0.25, -0.2) is 8.78 Å². The molecular formula is C16H23F2N. The van der Waals surface area contributed by atoms with E-state index < -0.39 is 11.6 Å². The predicted octanol–water partition coefficient (Wildman–Crippen LogP) is 4.30. The molecule has 1 aliphatic rings. The first-order valence-corrected chi connectivity index (χ1v) is 6.92. The lowest BCUT2D eigenvalue weighted by Crippen LogP contribution is -2.27. The largest absolute Gasteiger partial charge is 0.310 e. The van der Waals surface area contributed by atoms with Gasteiger partial charge in [0.2, 0.25) is 0 Å². The molecule has 3 heteroatoms. The molecule has 0 aromatic heterocycles. The summed E-state index contributed by atoms with van der Waals surface area (Å²) in [7, 11) is 0. The Labute approximate surface area is 114 Å². The van der Waals surface area contributed by atoms with Gasteiger partial charge in [0, 0.05) is 11.6 Å². The van der Waals surface area contributed by atoms with Crippen LogP contribution in [0.2, 0.25) is 0 Å². The molecular weight excluding hydrogens is 244 g/mol. The molecule has 0 heterocycles. The van der Waals surface area contributed by atoms with Crippen LogP contribution in [0.15, 0.2) is 18.2 Å². The van der Waals surface area contributed by atoms with Gasteiger partial charge < -0.3 is 5.32 Å². The SMILES string of the molecule is CCNC(c1c(F)cccc1F)C1C(C)(C)C1(C)C. The zero-order valence-corrected chi connectivity index (χ0v) is 12.3. The fraction of sp³-hybridized carbons (Fsp3) is 0.625. The van der Waals surface area contributed by atoms with Crippen molar-refractivity contribution in [3.8, 4) is 0 Å². The molecule has 106 valence electrons.